The molecular weight excluding hydrogens is 151 g/mol. The number of carbonyl (C=O) groups is 1. The number of aliphatic carboxylic acids is 1. The van der Waals surface area contributed by atoms with Crippen LogP contribution in [0.4, 0.5) is 0 Å². The number of carboxylic acid groups (broad SMARTS) is 1. The van der Waals surface area contributed by atoms with Gasteiger partial charge in [-0.05, 0) is 6.92 Å². The first-order valence-corrected chi connectivity index (χ1v) is 2.94. The molecule has 4 heteroatoms. The van der Waals surface area contributed by atoms with Crippen molar-refractivity contribution in [1.29, 1.82) is 0 Å². The molecule has 0 aliphatic carbocycles. The van der Waals surface area contributed by atoms with Crippen LogP contribution in [-0.4, -0.2) is 15.9 Å². The molecule has 0 amide bonds. The Hall–Kier alpha value is 0.0500. The van der Waals surface area contributed by atoms with Crippen LogP contribution in [0.2, 0.25) is 0 Å². The minimum absolute atomic E-state index is 0.682. The van der Waals surface area contributed by atoms with E-state index < -0.39 is 16.7 Å². The zero-order valence-electron chi connectivity index (χ0n) is 4.27. The molecule has 0 saturated heterocycles. The fourth-order valence-corrected chi connectivity index (χ4v) is 0.323. The van der Waals surface area contributed by atoms with Gasteiger partial charge in [-0.1, -0.05) is 0 Å². The Morgan fingerprint density at radius 2 is 2.00 bits per heavy atom. The SMILES string of the molecule is CC(C(=O)O)C(Cl)Cl. The minimum atomic E-state index is -0.972. The highest BCUT2D eigenvalue weighted by Crippen LogP contribution is 2.13. The van der Waals surface area contributed by atoms with E-state index in [0.29, 0.717) is 0 Å². The lowest BCUT2D eigenvalue weighted by molar-refractivity contribution is -0.140. The van der Waals surface area contributed by atoms with Crippen LogP contribution in [0.5, 0.6) is 0 Å². The minimum Gasteiger partial charge on any atom is -0.481 e. The molecule has 0 rings (SSSR count). The zero-order chi connectivity index (χ0) is 6.73. The molecule has 0 aromatic carbocycles. The van der Waals surface area contributed by atoms with Gasteiger partial charge in [0.25, 0.3) is 0 Å². The van der Waals surface area contributed by atoms with Crippen LogP contribution in [0, 0.1) is 5.92 Å². The molecule has 0 spiro atoms. The van der Waals surface area contributed by atoms with E-state index in [1.54, 1.807) is 0 Å². The lowest BCUT2D eigenvalue weighted by Crippen LogP contribution is -2.15. The van der Waals surface area contributed by atoms with Gasteiger partial charge in [0.15, 0.2) is 0 Å². The molecule has 1 N–H and O–H groups in total. The van der Waals surface area contributed by atoms with Crippen molar-refractivity contribution in [2.75, 3.05) is 0 Å². The van der Waals surface area contributed by atoms with Crippen molar-refractivity contribution < 1.29 is 9.90 Å². The van der Waals surface area contributed by atoms with Gasteiger partial charge in [-0.25, -0.2) is 0 Å². The Morgan fingerprint density at radius 1 is 1.62 bits per heavy atom. The molecule has 0 bridgehead atoms. The number of halogens is 2. The van der Waals surface area contributed by atoms with E-state index in [9.17, 15) is 4.79 Å². The maximum absolute atomic E-state index is 9.97. The molecule has 0 aromatic rings. The third-order valence-electron chi connectivity index (χ3n) is 0.767. The summed E-state index contributed by atoms with van der Waals surface area (Å²) in [7, 11) is 0. The molecule has 0 aromatic heterocycles. The number of rotatable bonds is 2. The molecular formula is C4H6Cl2O2. The summed E-state index contributed by atoms with van der Waals surface area (Å²) in [6.45, 7) is 1.45. The van der Waals surface area contributed by atoms with E-state index in [2.05, 4.69) is 0 Å². The summed E-state index contributed by atoms with van der Waals surface area (Å²) in [6.07, 6.45) is 0. The van der Waals surface area contributed by atoms with Crippen LogP contribution in [0.3, 0.4) is 0 Å². The van der Waals surface area contributed by atoms with Gasteiger partial charge in [0, 0.05) is 0 Å². The third kappa shape index (κ3) is 2.38. The van der Waals surface area contributed by atoms with Crippen LogP contribution in [-0.2, 0) is 4.79 Å². The van der Waals surface area contributed by atoms with E-state index in [1.807, 2.05) is 0 Å². The standard InChI is InChI=1S/C4H6Cl2O2/c1-2(3(5)6)4(7)8/h2-3H,1H3,(H,7,8). The highest BCUT2D eigenvalue weighted by molar-refractivity contribution is 6.45. The van der Waals surface area contributed by atoms with Gasteiger partial charge < -0.3 is 5.11 Å². The van der Waals surface area contributed by atoms with Crippen LogP contribution in [0.15, 0.2) is 0 Å². The van der Waals surface area contributed by atoms with E-state index in [4.69, 9.17) is 28.3 Å². The molecule has 0 saturated carbocycles. The second-order valence-corrected chi connectivity index (χ2v) is 2.63. The molecule has 48 valence electrons. The molecule has 0 radical (unpaired) electrons. The Balaban J connectivity index is 3.64. The van der Waals surface area contributed by atoms with Crippen LogP contribution in [0.25, 0.3) is 0 Å². The van der Waals surface area contributed by atoms with E-state index in [-0.39, 0.29) is 0 Å². The van der Waals surface area contributed by atoms with Crippen molar-refractivity contribution in [1.82, 2.24) is 0 Å². The van der Waals surface area contributed by atoms with E-state index in [1.165, 1.54) is 6.92 Å². The normalized spacial score (nSPS) is 14.0. The highest BCUT2D eigenvalue weighted by atomic mass is 35.5. The number of hydrogen-bond donors (Lipinski definition) is 1. The zero-order valence-corrected chi connectivity index (χ0v) is 5.78. The largest absolute Gasteiger partial charge is 0.481 e. The van der Waals surface area contributed by atoms with E-state index in [0.717, 1.165) is 0 Å². The predicted octanol–water partition coefficient (Wildman–Crippen LogP) is 1.51. The molecule has 1 atom stereocenters. The summed E-state index contributed by atoms with van der Waals surface area (Å²) in [5.74, 6) is -1.65. The second kappa shape index (κ2) is 3.15. The average molecular weight is 157 g/mol. The summed E-state index contributed by atoms with van der Waals surface area (Å²) >= 11 is 10.4. The Labute approximate surface area is 57.4 Å². The molecule has 8 heavy (non-hydrogen) atoms. The van der Waals surface area contributed by atoms with Crippen molar-refractivity contribution in [3.8, 4) is 0 Å². The maximum Gasteiger partial charge on any atom is 0.308 e. The average Bonchev–Trinajstić information content (AvgIpc) is 1.64. The maximum atomic E-state index is 9.97. The number of carboxylic acids is 1. The summed E-state index contributed by atoms with van der Waals surface area (Å²) in [4.78, 5) is 9.16. The van der Waals surface area contributed by atoms with Crippen molar-refractivity contribution in [2.24, 2.45) is 5.92 Å². The van der Waals surface area contributed by atoms with Crippen molar-refractivity contribution in [2.45, 2.75) is 11.8 Å². The summed E-state index contributed by atoms with van der Waals surface area (Å²) in [5.41, 5.74) is 0. The monoisotopic (exact) mass is 156 g/mol. The lowest BCUT2D eigenvalue weighted by Gasteiger charge is -2.03. The van der Waals surface area contributed by atoms with Gasteiger partial charge in [0.2, 0.25) is 0 Å². The molecule has 0 heterocycles. The topological polar surface area (TPSA) is 37.3 Å². The smallest absolute Gasteiger partial charge is 0.308 e. The fourth-order valence-electron chi connectivity index (χ4n) is 0.108. The van der Waals surface area contributed by atoms with Gasteiger partial charge in [-0.15, -0.1) is 23.2 Å². The van der Waals surface area contributed by atoms with Crippen molar-refractivity contribution in [3.05, 3.63) is 0 Å². The number of alkyl halides is 2. The highest BCUT2D eigenvalue weighted by Gasteiger charge is 2.17. The first-order valence-electron chi connectivity index (χ1n) is 2.06. The molecule has 1 unspecified atom stereocenters. The predicted molar refractivity (Wildman–Crippen MR) is 32.3 cm³/mol. The van der Waals surface area contributed by atoms with Crippen LogP contribution >= 0.6 is 23.2 Å². The van der Waals surface area contributed by atoms with E-state index >= 15 is 0 Å². The van der Waals surface area contributed by atoms with Gasteiger partial charge >= 0.3 is 5.97 Å². The van der Waals surface area contributed by atoms with Gasteiger partial charge in [0.05, 0.1) is 5.92 Å². The summed E-state index contributed by atoms with van der Waals surface area (Å²) in [6, 6.07) is 0. The van der Waals surface area contributed by atoms with Crippen LogP contribution in [0.1, 0.15) is 6.92 Å². The lowest BCUT2D eigenvalue weighted by atomic mass is 10.2. The molecule has 0 aliphatic rings. The first kappa shape index (κ1) is 8.05. The van der Waals surface area contributed by atoms with Gasteiger partial charge in [0.1, 0.15) is 4.84 Å². The van der Waals surface area contributed by atoms with Crippen LogP contribution < -0.4 is 0 Å². The molecule has 2 nitrogen and oxygen atoms in total. The van der Waals surface area contributed by atoms with Gasteiger partial charge in [-0.3, -0.25) is 4.79 Å². The Morgan fingerprint density at radius 3 is 2.00 bits per heavy atom. The quantitative estimate of drug-likeness (QED) is 0.616. The summed E-state index contributed by atoms with van der Waals surface area (Å²) < 4.78 is 0. The Bertz CT molecular complexity index is 92.0. The summed E-state index contributed by atoms with van der Waals surface area (Å²) in [5, 5.41) is 8.18. The molecule has 0 aliphatic heterocycles. The van der Waals surface area contributed by atoms with Crippen molar-refractivity contribution >= 4 is 29.2 Å². The number of hydrogen-bond acceptors (Lipinski definition) is 1. The fraction of sp³-hybridized carbons (Fsp3) is 0.750. The Kier molecular flexibility index (Phi) is 3.17. The third-order valence-corrected chi connectivity index (χ3v) is 1.52. The molecule has 0 fully saturated rings. The first-order chi connectivity index (χ1) is 3.55. The van der Waals surface area contributed by atoms with Gasteiger partial charge in [-0.2, -0.15) is 0 Å². The second-order valence-electron chi connectivity index (χ2n) is 1.46. The van der Waals surface area contributed by atoms with Crippen molar-refractivity contribution in [3.63, 3.8) is 0 Å².